The van der Waals surface area contributed by atoms with E-state index in [-0.39, 0.29) is 39.3 Å². The average Bonchev–Trinajstić information content (AvgIpc) is 2.70. The molecule has 0 spiro atoms. The number of esters is 1. The van der Waals surface area contributed by atoms with Gasteiger partial charge in [-0.25, -0.2) is 17.6 Å². The Kier molecular flexibility index (Phi) is 8.19. The molecule has 0 atom stereocenters. The van der Waals surface area contributed by atoms with Crippen LogP contribution < -0.4 is 5.32 Å². The molecular weight excluding hydrogens is 458 g/mol. The minimum absolute atomic E-state index is 0.0239. The molecule has 2 aromatic rings. The van der Waals surface area contributed by atoms with Gasteiger partial charge >= 0.3 is 5.97 Å². The fourth-order valence-electron chi connectivity index (χ4n) is 2.51. The second kappa shape index (κ2) is 10.2. The summed E-state index contributed by atoms with van der Waals surface area (Å²) in [5.74, 6) is -2.31. The Labute approximate surface area is 183 Å². The number of ether oxygens (including phenoxy) is 1. The van der Waals surface area contributed by atoms with E-state index in [0.717, 1.165) is 12.1 Å². The van der Waals surface area contributed by atoms with Crippen LogP contribution in [0.2, 0.25) is 10.0 Å². The van der Waals surface area contributed by atoms with E-state index in [4.69, 9.17) is 27.9 Å². The van der Waals surface area contributed by atoms with Gasteiger partial charge in [0.25, 0.3) is 5.91 Å². The number of benzene rings is 2. The lowest BCUT2D eigenvalue weighted by atomic mass is 10.2. The molecule has 0 saturated carbocycles. The van der Waals surface area contributed by atoms with Gasteiger partial charge in [-0.2, -0.15) is 4.31 Å². The van der Waals surface area contributed by atoms with Crippen LogP contribution in [0, 0.1) is 5.82 Å². The third kappa shape index (κ3) is 5.69. The minimum atomic E-state index is -3.81. The number of sulfonamides is 1. The summed E-state index contributed by atoms with van der Waals surface area (Å²) in [6, 6.07) is 7.24. The normalized spacial score (nSPS) is 11.4. The van der Waals surface area contributed by atoms with E-state index in [1.54, 1.807) is 13.8 Å². The van der Waals surface area contributed by atoms with Crippen LogP contribution in [0.25, 0.3) is 0 Å². The smallest absolute Gasteiger partial charge is 0.340 e. The van der Waals surface area contributed by atoms with Crippen molar-refractivity contribution >= 4 is 50.8 Å². The minimum Gasteiger partial charge on any atom is -0.452 e. The highest BCUT2D eigenvalue weighted by Gasteiger charge is 2.24. The molecule has 11 heteroatoms. The van der Waals surface area contributed by atoms with Crippen LogP contribution in [-0.4, -0.2) is 44.3 Å². The quantitative estimate of drug-likeness (QED) is 0.582. The van der Waals surface area contributed by atoms with Gasteiger partial charge in [0, 0.05) is 18.8 Å². The summed E-state index contributed by atoms with van der Waals surface area (Å²) in [5.41, 5.74) is 0.0234. The molecule has 0 aromatic heterocycles. The van der Waals surface area contributed by atoms with Crippen molar-refractivity contribution in [3.63, 3.8) is 0 Å². The van der Waals surface area contributed by atoms with Gasteiger partial charge in [0.05, 0.1) is 20.5 Å². The van der Waals surface area contributed by atoms with Gasteiger partial charge in [0.1, 0.15) is 5.82 Å². The molecule has 1 amide bonds. The van der Waals surface area contributed by atoms with Crippen LogP contribution in [0.3, 0.4) is 0 Å². The first-order valence-electron chi connectivity index (χ1n) is 8.81. The van der Waals surface area contributed by atoms with Gasteiger partial charge in [-0.05, 0) is 36.4 Å². The molecule has 30 heavy (non-hydrogen) atoms. The summed E-state index contributed by atoms with van der Waals surface area (Å²) in [7, 11) is -3.81. The molecule has 0 unspecified atom stereocenters. The summed E-state index contributed by atoms with van der Waals surface area (Å²) in [5, 5.41) is 2.19. The Morgan fingerprint density at radius 3 is 2.33 bits per heavy atom. The molecule has 7 nitrogen and oxygen atoms in total. The van der Waals surface area contributed by atoms with Crippen LogP contribution in [0.5, 0.6) is 0 Å². The third-order valence-electron chi connectivity index (χ3n) is 4.04. The lowest BCUT2D eigenvalue weighted by Gasteiger charge is -2.19. The zero-order chi connectivity index (χ0) is 22.5. The third-order valence-corrected chi connectivity index (χ3v) is 6.70. The maximum Gasteiger partial charge on any atom is 0.340 e. The van der Waals surface area contributed by atoms with E-state index in [1.807, 2.05) is 0 Å². The predicted molar refractivity (Wildman–Crippen MR) is 112 cm³/mol. The first kappa shape index (κ1) is 24.1. The van der Waals surface area contributed by atoms with Crippen molar-refractivity contribution in [3.05, 3.63) is 57.8 Å². The van der Waals surface area contributed by atoms with Crippen LogP contribution in [0.15, 0.2) is 41.3 Å². The van der Waals surface area contributed by atoms with Gasteiger partial charge in [-0.3, -0.25) is 4.79 Å². The van der Waals surface area contributed by atoms with Crippen molar-refractivity contribution in [2.24, 2.45) is 0 Å². The van der Waals surface area contributed by atoms with Crippen LogP contribution in [-0.2, 0) is 19.6 Å². The first-order valence-corrected chi connectivity index (χ1v) is 11.0. The van der Waals surface area contributed by atoms with Crippen molar-refractivity contribution in [2.75, 3.05) is 25.0 Å². The average molecular weight is 477 g/mol. The maximum atomic E-state index is 13.2. The molecule has 0 fully saturated rings. The molecule has 2 aromatic carbocycles. The highest BCUT2D eigenvalue weighted by molar-refractivity contribution is 7.89. The highest BCUT2D eigenvalue weighted by atomic mass is 35.5. The number of nitrogens with zero attached hydrogens (tertiary/aromatic N) is 1. The van der Waals surface area contributed by atoms with E-state index in [1.165, 1.54) is 28.6 Å². The Balaban J connectivity index is 2.11. The van der Waals surface area contributed by atoms with Crippen LogP contribution in [0.4, 0.5) is 10.1 Å². The fraction of sp³-hybridized carbons (Fsp3) is 0.263. The number of rotatable bonds is 8. The molecule has 1 N–H and O–H groups in total. The first-order chi connectivity index (χ1) is 14.1. The van der Waals surface area contributed by atoms with Gasteiger partial charge in [-0.1, -0.05) is 37.0 Å². The molecule has 0 aliphatic rings. The molecule has 162 valence electrons. The van der Waals surface area contributed by atoms with E-state index < -0.39 is 34.3 Å². The number of halogens is 3. The summed E-state index contributed by atoms with van der Waals surface area (Å²) in [4.78, 5) is 24.2. The summed E-state index contributed by atoms with van der Waals surface area (Å²) in [6.45, 7) is 3.24. The molecule has 0 radical (unpaired) electrons. The standard InChI is InChI=1S/C19H19Cl2FN2O5S/c1-3-24(4-2)30(27,28)13-6-7-15(20)14(10-13)19(26)29-11-18(25)23-12-5-8-17(22)16(21)9-12/h5-10H,3-4,11H2,1-2H3,(H,23,25). The number of carbonyl (C=O) groups excluding carboxylic acids is 2. The lowest BCUT2D eigenvalue weighted by Crippen LogP contribution is -2.30. The maximum absolute atomic E-state index is 13.2. The lowest BCUT2D eigenvalue weighted by molar-refractivity contribution is -0.119. The SMILES string of the molecule is CCN(CC)S(=O)(=O)c1ccc(Cl)c(C(=O)OCC(=O)Nc2ccc(F)c(Cl)c2)c1. The topological polar surface area (TPSA) is 92.8 Å². The van der Waals surface area contributed by atoms with Gasteiger partial charge in [0.2, 0.25) is 10.0 Å². The number of nitrogens with one attached hydrogen (secondary N) is 1. The Morgan fingerprint density at radius 2 is 1.73 bits per heavy atom. The van der Waals surface area contributed by atoms with E-state index in [0.29, 0.717) is 0 Å². The highest BCUT2D eigenvalue weighted by Crippen LogP contribution is 2.24. The van der Waals surface area contributed by atoms with Crippen molar-refractivity contribution in [1.29, 1.82) is 0 Å². The van der Waals surface area contributed by atoms with Crippen molar-refractivity contribution < 1.29 is 27.1 Å². The predicted octanol–water partition coefficient (Wildman–Crippen LogP) is 3.96. The Hall–Kier alpha value is -2.20. The van der Waals surface area contributed by atoms with Crippen molar-refractivity contribution in [2.45, 2.75) is 18.7 Å². The Morgan fingerprint density at radius 1 is 1.07 bits per heavy atom. The fourth-order valence-corrected chi connectivity index (χ4v) is 4.37. The van der Waals surface area contributed by atoms with Gasteiger partial charge in [0.15, 0.2) is 6.61 Å². The number of carbonyl (C=O) groups is 2. The molecule has 0 aliphatic carbocycles. The Bertz CT molecular complexity index is 1060. The van der Waals surface area contributed by atoms with Gasteiger partial charge < -0.3 is 10.1 Å². The van der Waals surface area contributed by atoms with E-state index in [2.05, 4.69) is 5.32 Å². The molecule has 0 aliphatic heterocycles. The molecule has 0 bridgehead atoms. The summed E-state index contributed by atoms with van der Waals surface area (Å²) in [6.07, 6.45) is 0. The molecule has 2 rings (SSSR count). The zero-order valence-corrected chi connectivity index (χ0v) is 18.4. The molecule has 0 heterocycles. The number of hydrogen-bond acceptors (Lipinski definition) is 5. The van der Waals surface area contributed by atoms with Crippen molar-refractivity contribution in [3.8, 4) is 0 Å². The molecule has 0 saturated heterocycles. The number of hydrogen-bond donors (Lipinski definition) is 1. The largest absolute Gasteiger partial charge is 0.452 e. The number of anilines is 1. The summed E-state index contributed by atoms with van der Waals surface area (Å²) < 4.78 is 44.6. The van der Waals surface area contributed by atoms with Gasteiger partial charge in [-0.15, -0.1) is 0 Å². The van der Waals surface area contributed by atoms with Crippen LogP contribution >= 0.6 is 23.2 Å². The second-order valence-electron chi connectivity index (χ2n) is 5.98. The van der Waals surface area contributed by atoms with Crippen LogP contribution in [0.1, 0.15) is 24.2 Å². The van der Waals surface area contributed by atoms with E-state index in [9.17, 15) is 22.4 Å². The monoisotopic (exact) mass is 476 g/mol. The zero-order valence-electron chi connectivity index (χ0n) is 16.1. The summed E-state index contributed by atoms with van der Waals surface area (Å²) >= 11 is 11.6. The van der Waals surface area contributed by atoms with E-state index >= 15 is 0 Å². The number of amides is 1. The molecular formula is C19H19Cl2FN2O5S. The second-order valence-corrected chi connectivity index (χ2v) is 8.74. The van der Waals surface area contributed by atoms with Crippen molar-refractivity contribution in [1.82, 2.24) is 4.31 Å².